The van der Waals surface area contributed by atoms with Crippen LogP contribution in [0.15, 0.2) is 42.5 Å². The van der Waals surface area contributed by atoms with Crippen molar-refractivity contribution in [1.29, 1.82) is 0 Å². The van der Waals surface area contributed by atoms with Crippen LogP contribution in [0.2, 0.25) is 5.02 Å². The molecule has 0 aliphatic carbocycles. The van der Waals surface area contributed by atoms with Gasteiger partial charge in [-0.05, 0) is 41.3 Å². The summed E-state index contributed by atoms with van der Waals surface area (Å²) in [5, 5.41) is 0.483. The van der Waals surface area contributed by atoms with Gasteiger partial charge in [0, 0.05) is 65.6 Å². The second-order valence-electron chi connectivity index (χ2n) is 11.6. The average Bonchev–Trinajstić information content (AvgIpc) is 3.00. The molecule has 12 nitrogen and oxygen atoms in total. The first-order valence-corrected chi connectivity index (χ1v) is 15.8. The van der Waals surface area contributed by atoms with Crippen molar-refractivity contribution in [2.24, 2.45) is 0 Å². The van der Waals surface area contributed by atoms with Crippen LogP contribution in [0.4, 0.5) is 0 Å². The minimum Gasteiger partial charge on any atom is -0.490 e. The highest BCUT2D eigenvalue weighted by molar-refractivity contribution is 6.31. The van der Waals surface area contributed by atoms with Gasteiger partial charge in [0.15, 0.2) is 18.3 Å². The molecular weight excluding hydrogens is 634 g/mol. The number of hydrogen-bond donors (Lipinski definition) is 0. The third-order valence-electron chi connectivity index (χ3n) is 7.90. The zero-order valence-corrected chi connectivity index (χ0v) is 27.8. The molecule has 0 radical (unpaired) electrons. The first kappa shape index (κ1) is 35.7. The molecule has 5 atom stereocenters. The zero-order valence-electron chi connectivity index (χ0n) is 27.1. The number of nitrogens with zero attached hydrogens (tertiary/aromatic N) is 1. The third kappa shape index (κ3) is 9.92. The lowest BCUT2D eigenvalue weighted by molar-refractivity contribution is -0.254. The first-order chi connectivity index (χ1) is 22.3. The molecule has 2 aliphatic heterocycles. The molecule has 1 amide bonds. The summed E-state index contributed by atoms with van der Waals surface area (Å²) >= 11 is 6.63. The Morgan fingerprint density at radius 1 is 0.787 bits per heavy atom. The number of carbonyl (C=O) groups excluding carboxylic acids is 5. The van der Waals surface area contributed by atoms with Gasteiger partial charge in [-0.3, -0.25) is 24.0 Å². The number of likely N-dealkylation sites (tertiary alicyclic amines) is 1. The van der Waals surface area contributed by atoms with Gasteiger partial charge in [0.2, 0.25) is 5.91 Å². The van der Waals surface area contributed by atoms with E-state index >= 15 is 0 Å². The molecule has 0 spiro atoms. The van der Waals surface area contributed by atoms with E-state index < -0.39 is 54.4 Å². The summed E-state index contributed by atoms with van der Waals surface area (Å²) in [7, 11) is 0. The molecule has 0 bridgehead atoms. The number of benzene rings is 2. The van der Waals surface area contributed by atoms with Crippen molar-refractivity contribution in [3.63, 3.8) is 0 Å². The molecule has 47 heavy (non-hydrogen) atoms. The van der Waals surface area contributed by atoms with Crippen molar-refractivity contribution in [3.05, 3.63) is 64.2 Å². The van der Waals surface area contributed by atoms with Crippen LogP contribution in [-0.4, -0.2) is 84.9 Å². The molecule has 2 saturated heterocycles. The second kappa shape index (κ2) is 16.1. The van der Waals surface area contributed by atoms with E-state index in [2.05, 4.69) is 0 Å². The summed E-state index contributed by atoms with van der Waals surface area (Å²) in [6.45, 7) is 7.36. The van der Waals surface area contributed by atoms with Crippen molar-refractivity contribution >= 4 is 41.4 Å². The minimum atomic E-state index is -1.28. The Hall–Kier alpha value is -4.16. The van der Waals surface area contributed by atoms with E-state index in [1.165, 1.54) is 27.7 Å². The third-order valence-corrected chi connectivity index (χ3v) is 8.27. The lowest BCUT2D eigenvalue weighted by Gasteiger charge is -2.44. The maximum Gasteiger partial charge on any atom is 0.303 e. The highest BCUT2D eigenvalue weighted by Gasteiger charge is 2.52. The highest BCUT2D eigenvalue weighted by Crippen LogP contribution is 2.39. The lowest BCUT2D eigenvalue weighted by atomic mass is 9.89. The number of piperidine rings is 1. The van der Waals surface area contributed by atoms with Gasteiger partial charge in [-0.2, -0.15) is 0 Å². The molecule has 4 rings (SSSR count). The standard InChI is InChI=1S/C34H40ClNO11/c1-19(37)36-14-12-28(13-15-36)46-27-9-6-24(7-10-27)16-26-17-25(8-11-29(26)35)31-33(44-22(4)40)34(45-23(5)41)32(43-21(3)39)30(47-31)18-42-20(2)38/h6-11,17,28,30-34H,12-16,18H2,1-5H3/t30?,31-,32+,33-,34-/m0/s1. The van der Waals surface area contributed by atoms with Gasteiger partial charge in [0.25, 0.3) is 0 Å². The van der Waals surface area contributed by atoms with Crippen LogP contribution in [0.1, 0.15) is 70.3 Å². The maximum absolute atomic E-state index is 12.3. The summed E-state index contributed by atoms with van der Waals surface area (Å²) in [4.78, 5) is 61.6. The van der Waals surface area contributed by atoms with E-state index in [1.807, 2.05) is 29.2 Å². The maximum atomic E-state index is 12.3. The van der Waals surface area contributed by atoms with E-state index in [0.717, 1.165) is 29.7 Å². The van der Waals surface area contributed by atoms with E-state index in [-0.39, 0.29) is 18.6 Å². The largest absolute Gasteiger partial charge is 0.490 e. The van der Waals surface area contributed by atoms with Gasteiger partial charge in [-0.25, -0.2) is 0 Å². The number of rotatable bonds is 10. The molecule has 13 heteroatoms. The Morgan fingerprint density at radius 2 is 1.38 bits per heavy atom. The van der Waals surface area contributed by atoms with Crippen LogP contribution >= 0.6 is 11.6 Å². The molecule has 0 saturated carbocycles. The quantitative estimate of drug-likeness (QED) is 0.265. The summed E-state index contributed by atoms with van der Waals surface area (Å²) in [5.41, 5.74) is 2.23. The predicted octanol–water partition coefficient (Wildman–Crippen LogP) is 4.12. The Bertz CT molecular complexity index is 1450. The van der Waals surface area contributed by atoms with Gasteiger partial charge in [-0.1, -0.05) is 35.9 Å². The average molecular weight is 674 g/mol. The molecule has 0 N–H and O–H groups in total. The molecular formula is C34H40ClNO11. The van der Waals surface area contributed by atoms with Crippen LogP contribution < -0.4 is 4.74 Å². The van der Waals surface area contributed by atoms with E-state index in [4.69, 9.17) is 40.0 Å². The molecule has 2 aliphatic rings. The molecule has 2 aromatic rings. The molecule has 1 unspecified atom stereocenters. The van der Waals surface area contributed by atoms with Crippen molar-refractivity contribution < 1.29 is 52.4 Å². The topological polar surface area (TPSA) is 144 Å². The van der Waals surface area contributed by atoms with Gasteiger partial charge < -0.3 is 33.3 Å². The fourth-order valence-corrected chi connectivity index (χ4v) is 5.97. The number of carbonyl (C=O) groups is 5. The SMILES string of the molecule is CC(=O)OCC1O[C@@H](c2ccc(Cl)c(Cc3ccc(OC4CCN(C(C)=O)CC4)cc3)c2)[C@H](OC(C)=O)[C@@H](OC(C)=O)[C@@H]1OC(C)=O. The predicted molar refractivity (Wildman–Crippen MR) is 168 cm³/mol. The molecule has 0 aromatic heterocycles. The van der Waals surface area contributed by atoms with Crippen molar-refractivity contribution in [2.75, 3.05) is 19.7 Å². The Labute approximate surface area is 278 Å². The van der Waals surface area contributed by atoms with Gasteiger partial charge in [0.05, 0.1) is 0 Å². The van der Waals surface area contributed by atoms with Crippen LogP contribution in [0.5, 0.6) is 5.75 Å². The number of ether oxygens (including phenoxy) is 6. The highest BCUT2D eigenvalue weighted by atomic mass is 35.5. The van der Waals surface area contributed by atoms with Crippen molar-refractivity contribution in [2.45, 2.75) is 90.5 Å². The smallest absolute Gasteiger partial charge is 0.303 e. The van der Waals surface area contributed by atoms with Crippen molar-refractivity contribution in [3.8, 4) is 5.75 Å². The number of amides is 1. The normalized spacial score (nSPS) is 22.9. The number of esters is 4. The number of hydrogen-bond acceptors (Lipinski definition) is 11. The first-order valence-electron chi connectivity index (χ1n) is 15.4. The molecule has 2 fully saturated rings. The summed E-state index contributed by atoms with van der Waals surface area (Å²) in [5.74, 6) is -1.88. The summed E-state index contributed by atoms with van der Waals surface area (Å²) < 4.78 is 34.3. The fraction of sp³-hybridized carbons (Fsp3) is 0.500. The lowest BCUT2D eigenvalue weighted by Crippen LogP contribution is -2.59. The fourth-order valence-electron chi connectivity index (χ4n) is 5.79. The Morgan fingerprint density at radius 3 is 1.96 bits per heavy atom. The van der Waals surface area contributed by atoms with Crippen LogP contribution in [0, 0.1) is 0 Å². The van der Waals surface area contributed by atoms with Gasteiger partial charge >= 0.3 is 23.9 Å². The molecule has 2 aromatic carbocycles. The molecule has 254 valence electrons. The minimum absolute atomic E-state index is 0.0316. The molecule has 2 heterocycles. The van der Waals surface area contributed by atoms with Crippen LogP contribution in [0.3, 0.4) is 0 Å². The van der Waals surface area contributed by atoms with Crippen molar-refractivity contribution in [1.82, 2.24) is 4.90 Å². The van der Waals surface area contributed by atoms with E-state index in [9.17, 15) is 24.0 Å². The summed E-state index contributed by atoms with van der Waals surface area (Å²) in [6.07, 6.45) is -3.82. The van der Waals surface area contributed by atoms with E-state index in [1.54, 1.807) is 25.1 Å². The van der Waals surface area contributed by atoms with Gasteiger partial charge in [-0.15, -0.1) is 0 Å². The second-order valence-corrected chi connectivity index (χ2v) is 12.0. The van der Waals surface area contributed by atoms with Gasteiger partial charge in [0.1, 0.15) is 30.7 Å². The van der Waals surface area contributed by atoms with E-state index in [0.29, 0.717) is 30.1 Å². The zero-order chi connectivity index (χ0) is 34.2. The Kier molecular flexibility index (Phi) is 12.2. The monoisotopic (exact) mass is 673 g/mol. The number of halogens is 1. The van der Waals surface area contributed by atoms with Crippen LogP contribution in [-0.2, 0) is 54.1 Å². The Balaban J connectivity index is 1.58. The summed E-state index contributed by atoms with van der Waals surface area (Å²) in [6, 6.07) is 12.9. The van der Waals surface area contributed by atoms with Crippen LogP contribution in [0.25, 0.3) is 0 Å².